The Morgan fingerprint density at radius 3 is 2.34 bits per heavy atom. The summed E-state index contributed by atoms with van der Waals surface area (Å²) in [5.74, 6) is 0.276. The number of carbonyl (C=O) groups excluding carboxylic acids is 2. The summed E-state index contributed by atoms with van der Waals surface area (Å²) in [7, 11) is 2.96. The van der Waals surface area contributed by atoms with Gasteiger partial charge in [0.15, 0.2) is 11.5 Å². The highest BCUT2D eigenvalue weighted by molar-refractivity contribution is 6.30. The van der Waals surface area contributed by atoms with Gasteiger partial charge in [-0.1, -0.05) is 17.7 Å². The fourth-order valence-corrected chi connectivity index (χ4v) is 3.38. The molecule has 2 aromatic rings. The number of aliphatic hydroxyl groups is 1. The quantitative estimate of drug-likeness (QED) is 0.293. The highest BCUT2D eigenvalue weighted by Crippen LogP contribution is 2.54. The van der Waals surface area contributed by atoms with Gasteiger partial charge in [-0.3, -0.25) is 9.68 Å². The minimum Gasteiger partial charge on any atom is -0.490 e. The van der Waals surface area contributed by atoms with Crippen LogP contribution in [0.2, 0.25) is 5.02 Å². The molecule has 32 heavy (non-hydrogen) atoms. The van der Waals surface area contributed by atoms with E-state index in [9.17, 15) is 14.7 Å². The zero-order valence-corrected chi connectivity index (χ0v) is 19.1. The third-order valence-electron chi connectivity index (χ3n) is 4.72. The maximum absolute atomic E-state index is 11.3. The molecule has 1 heterocycles. The van der Waals surface area contributed by atoms with E-state index in [-0.39, 0.29) is 12.2 Å². The van der Waals surface area contributed by atoms with Gasteiger partial charge >= 0.3 is 11.9 Å². The van der Waals surface area contributed by atoms with Crippen molar-refractivity contribution < 1.29 is 43.8 Å². The van der Waals surface area contributed by atoms with E-state index >= 15 is 0 Å². The molecule has 2 aromatic carbocycles. The van der Waals surface area contributed by atoms with Crippen LogP contribution in [0.15, 0.2) is 24.3 Å². The van der Waals surface area contributed by atoms with Crippen LogP contribution in [0.1, 0.15) is 35.3 Å². The number of halogens is 1. The molecule has 1 aliphatic rings. The molecule has 174 valence electrons. The van der Waals surface area contributed by atoms with E-state index < -0.39 is 17.5 Å². The first-order valence-corrected chi connectivity index (χ1v) is 9.85. The monoisotopic (exact) mass is 468 g/mol. The second-order valence-corrected chi connectivity index (χ2v) is 7.63. The number of methoxy groups -OCH3 is 2. The summed E-state index contributed by atoms with van der Waals surface area (Å²) in [4.78, 5) is 25.5. The molecule has 0 saturated heterocycles. The van der Waals surface area contributed by atoms with Gasteiger partial charge in [0.1, 0.15) is 5.60 Å². The van der Waals surface area contributed by atoms with E-state index in [4.69, 9.17) is 35.8 Å². The Kier molecular flexibility index (Phi) is 8.31. The van der Waals surface area contributed by atoms with E-state index in [0.29, 0.717) is 34.4 Å². The van der Waals surface area contributed by atoms with Crippen molar-refractivity contribution in [3.8, 4) is 23.0 Å². The summed E-state index contributed by atoms with van der Waals surface area (Å²) in [6.45, 7) is 4.83. The summed E-state index contributed by atoms with van der Waals surface area (Å²) >= 11 is 5.56. The number of fused-ring (bicyclic) bond motifs is 1. The van der Waals surface area contributed by atoms with Crippen LogP contribution in [0.25, 0.3) is 0 Å². The van der Waals surface area contributed by atoms with Crippen LogP contribution < -0.4 is 18.9 Å². The maximum atomic E-state index is 11.3. The van der Waals surface area contributed by atoms with Gasteiger partial charge in [0.2, 0.25) is 11.5 Å². The molecule has 0 radical (unpaired) electrons. The minimum absolute atomic E-state index is 0.129. The normalized spacial score (nSPS) is 16.1. The van der Waals surface area contributed by atoms with Crippen molar-refractivity contribution in [3.63, 3.8) is 0 Å². The molecule has 1 unspecified atom stereocenters. The Morgan fingerprint density at radius 1 is 1.19 bits per heavy atom. The van der Waals surface area contributed by atoms with Gasteiger partial charge < -0.3 is 24.1 Å². The molecule has 0 saturated carbocycles. The lowest BCUT2D eigenvalue weighted by molar-refractivity contribution is -0.182. The maximum Gasteiger partial charge on any atom is 0.372 e. The van der Waals surface area contributed by atoms with Crippen LogP contribution in [0, 0.1) is 6.92 Å². The average Bonchev–Trinajstić information content (AvgIpc) is 3.13. The van der Waals surface area contributed by atoms with Crippen molar-refractivity contribution in [2.24, 2.45) is 0 Å². The molecule has 1 aliphatic heterocycles. The molecule has 0 fully saturated rings. The van der Waals surface area contributed by atoms with Crippen LogP contribution in [-0.2, 0) is 16.1 Å². The van der Waals surface area contributed by atoms with Crippen molar-refractivity contribution in [2.75, 3.05) is 20.8 Å². The Labute approximate surface area is 190 Å². The molecule has 0 aromatic heterocycles. The highest BCUT2D eigenvalue weighted by Gasteiger charge is 2.40. The van der Waals surface area contributed by atoms with Crippen LogP contribution in [-0.4, -0.2) is 48.7 Å². The topological polar surface area (TPSA) is 121 Å². The van der Waals surface area contributed by atoms with Crippen LogP contribution in [0.5, 0.6) is 23.0 Å². The number of carbonyl (C=O) groups is 2. The standard InChI is InChI=1S/C15H20O6.C7H5ClO3/c1-8-10-6-15(3,7-16)21-12(10)14(19-5)13(18-4)11(8)20-9(2)17;8-6-3-1-2-5(4-6)7(9)11-10/h16H,6-7H2,1-5H3;1-4,10H. The molecule has 1 atom stereocenters. The molecule has 0 bridgehead atoms. The Morgan fingerprint density at radius 2 is 1.84 bits per heavy atom. The number of hydrogen-bond acceptors (Lipinski definition) is 9. The number of aliphatic hydroxyl groups excluding tert-OH is 1. The number of rotatable bonds is 5. The third-order valence-corrected chi connectivity index (χ3v) is 4.95. The molecule has 0 spiro atoms. The molecule has 0 aliphatic carbocycles. The Balaban J connectivity index is 0.000000278. The number of hydrogen-bond donors (Lipinski definition) is 2. The predicted octanol–water partition coefficient (Wildman–Crippen LogP) is 3.59. The highest BCUT2D eigenvalue weighted by atomic mass is 35.5. The lowest BCUT2D eigenvalue weighted by Crippen LogP contribution is -2.34. The van der Waals surface area contributed by atoms with E-state index in [2.05, 4.69) is 4.89 Å². The summed E-state index contributed by atoms with van der Waals surface area (Å²) in [5, 5.41) is 17.9. The van der Waals surface area contributed by atoms with E-state index in [1.54, 1.807) is 12.1 Å². The summed E-state index contributed by atoms with van der Waals surface area (Å²) in [6, 6.07) is 6.11. The molecule has 0 amide bonds. The first-order valence-electron chi connectivity index (χ1n) is 9.47. The summed E-state index contributed by atoms with van der Waals surface area (Å²) < 4.78 is 21.8. The second-order valence-electron chi connectivity index (χ2n) is 7.20. The van der Waals surface area contributed by atoms with Crippen LogP contribution >= 0.6 is 11.6 Å². The van der Waals surface area contributed by atoms with E-state index in [0.717, 1.165) is 11.1 Å². The van der Waals surface area contributed by atoms with E-state index in [1.807, 2.05) is 13.8 Å². The third kappa shape index (κ3) is 5.42. The van der Waals surface area contributed by atoms with Crippen molar-refractivity contribution in [3.05, 3.63) is 46.0 Å². The zero-order valence-electron chi connectivity index (χ0n) is 18.4. The van der Waals surface area contributed by atoms with Gasteiger partial charge in [-0.15, -0.1) is 0 Å². The zero-order chi connectivity index (χ0) is 24.1. The summed E-state index contributed by atoms with van der Waals surface area (Å²) in [6.07, 6.45) is 0.499. The number of ether oxygens (including phenoxy) is 4. The largest absolute Gasteiger partial charge is 0.490 e. The smallest absolute Gasteiger partial charge is 0.372 e. The average molecular weight is 469 g/mol. The lowest BCUT2D eigenvalue weighted by Gasteiger charge is -2.21. The van der Waals surface area contributed by atoms with Crippen molar-refractivity contribution >= 4 is 23.5 Å². The van der Waals surface area contributed by atoms with Gasteiger partial charge in [-0.2, -0.15) is 5.26 Å². The molecule has 10 heteroatoms. The number of benzene rings is 2. The predicted molar refractivity (Wildman–Crippen MR) is 115 cm³/mol. The van der Waals surface area contributed by atoms with Crippen LogP contribution in [0.4, 0.5) is 0 Å². The minimum atomic E-state index is -0.813. The second kappa shape index (κ2) is 10.5. The van der Waals surface area contributed by atoms with Gasteiger partial charge in [0, 0.05) is 29.5 Å². The Bertz CT molecular complexity index is 1010. The molecule has 3 rings (SSSR count). The van der Waals surface area contributed by atoms with Gasteiger partial charge in [0.25, 0.3) is 0 Å². The lowest BCUT2D eigenvalue weighted by atomic mass is 9.96. The number of esters is 1. The molecular formula is C22H25ClO9. The van der Waals surface area contributed by atoms with Gasteiger partial charge in [-0.05, 0) is 32.0 Å². The fourth-order valence-electron chi connectivity index (χ4n) is 3.19. The molecule has 2 N–H and O–H groups in total. The molecular weight excluding hydrogens is 444 g/mol. The SMILES string of the molecule is COc1c(OC(C)=O)c(C)c2c(c1OC)OC(C)(CO)C2.O=C(OO)c1cccc(Cl)c1. The van der Waals surface area contributed by atoms with Crippen molar-refractivity contribution in [2.45, 2.75) is 32.8 Å². The Hall–Kier alpha value is -3.01. The van der Waals surface area contributed by atoms with Gasteiger partial charge in [0.05, 0.1) is 26.4 Å². The van der Waals surface area contributed by atoms with Crippen molar-refractivity contribution in [1.82, 2.24) is 0 Å². The fraction of sp³-hybridized carbons (Fsp3) is 0.364. The first kappa shape index (κ1) is 25.3. The van der Waals surface area contributed by atoms with Gasteiger partial charge in [-0.25, -0.2) is 4.79 Å². The van der Waals surface area contributed by atoms with Crippen LogP contribution in [0.3, 0.4) is 0 Å². The first-order chi connectivity index (χ1) is 15.1. The molecule has 9 nitrogen and oxygen atoms in total. The van der Waals surface area contributed by atoms with E-state index in [1.165, 1.54) is 33.3 Å². The van der Waals surface area contributed by atoms with Crippen molar-refractivity contribution in [1.29, 1.82) is 0 Å². The summed E-state index contributed by atoms with van der Waals surface area (Å²) in [5.41, 5.74) is 1.09.